The lowest BCUT2D eigenvalue weighted by Gasteiger charge is -2.34. The summed E-state index contributed by atoms with van der Waals surface area (Å²) in [6.45, 7) is 6.92. The molecule has 3 nitrogen and oxygen atoms in total. The van der Waals surface area contributed by atoms with Gasteiger partial charge >= 0.3 is 0 Å². The summed E-state index contributed by atoms with van der Waals surface area (Å²) < 4.78 is 18.7. The van der Waals surface area contributed by atoms with E-state index in [1.807, 2.05) is 36.4 Å². The van der Waals surface area contributed by atoms with Crippen LogP contribution >= 0.6 is 23.4 Å². The van der Waals surface area contributed by atoms with Gasteiger partial charge in [-0.15, -0.1) is 11.8 Å². The minimum Gasteiger partial charge on any atom is -0.491 e. The van der Waals surface area contributed by atoms with Crippen LogP contribution in [0.1, 0.15) is 0 Å². The molecule has 0 aromatic heterocycles. The van der Waals surface area contributed by atoms with E-state index in [0.717, 1.165) is 55.7 Å². The molecule has 1 aliphatic heterocycles. The van der Waals surface area contributed by atoms with Gasteiger partial charge in [-0.25, -0.2) is 4.39 Å². The number of thioether (sulfide) groups is 1. The fraction of sp³-hybridized carbons (Fsp3) is 0.400. The first-order valence-corrected chi connectivity index (χ1v) is 10.3. The Morgan fingerprint density at radius 2 is 1.58 bits per heavy atom. The zero-order valence-corrected chi connectivity index (χ0v) is 16.3. The van der Waals surface area contributed by atoms with Crippen molar-refractivity contribution < 1.29 is 9.13 Å². The number of para-hydroxylation sites is 1. The summed E-state index contributed by atoms with van der Waals surface area (Å²) in [4.78, 5) is 6.05. The fourth-order valence-corrected chi connectivity index (χ4v) is 4.01. The van der Waals surface area contributed by atoms with Crippen LogP contribution in [0.15, 0.2) is 53.4 Å². The zero-order valence-electron chi connectivity index (χ0n) is 14.7. The van der Waals surface area contributed by atoms with Crippen LogP contribution in [-0.2, 0) is 0 Å². The van der Waals surface area contributed by atoms with Gasteiger partial charge in [0.2, 0.25) is 0 Å². The third-order valence-electron chi connectivity index (χ3n) is 4.46. The number of ether oxygens (including phenoxy) is 1. The fourth-order valence-electron chi connectivity index (χ4n) is 2.91. The predicted molar refractivity (Wildman–Crippen MR) is 107 cm³/mol. The van der Waals surface area contributed by atoms with Crippen molar-refractivity contribution in [2.24, 2.45) is 0 Å². The molecule has 6 heteroatoms. The normalized spacial score (nSPS) is 15.9. The maximum absolute atomic E-state index is 12.9. The average Bonchev–Trinajstić information content (AvgIpc) is 2.66. The summed E-state index contributed by atoms with van der Waals surface area (Å²) in [5, 5.41) is 0.663. The van der Waals surface area contributed by atoms with Gasteiger partial charge in [-0.3, -0.25) is 9.80 Å². The maximum Gasteiger partial charge on any atom is 0.137 e. The molecule has 0 bridgehead atoms. The molecule has 1 heterocycles. The van der Waals surface area contributed by atoms with Crippen LogP contribution in [-0.4, -0.2) is 61.4 Å². The maximum atomic E-state index is 12.9. The molecule has 0 amide bonds. The van der Waals surface area contributed by atoms with Crippen molar-refractivity contribution in [3.05, 3.63) is 59.4 Å². The van der Waals surface area contributed by atoms with E-state index in [2.05, 4.69) is 9.80 Å². The molecule has 2 aromatic rings. The van der Waals surface area contributed by atoms with E-state index in [1.54, 1.807) is 11.8 Å². The highest BCUT2D eigenvalue weighted by Gasteiger charge is 2.16. The van der Waals surface area contributed by atoms with E-state index < -0.39 is 0 Å². The van der Waals surface area contributed by atoms with Gasteiger partial charge in [0.25, 0.3) is 0 Å². The number of hydrogen-bond donors (Lipinski definition) is 0. The van der Waals surface area contributed by atoms with Crippen molar-refractivity contribution in [1.29, 1.82) is 0 Å². The number of benzene rings is 2. The zero-order chi connectivity index (χ0) is 18.2. The van der Waals surface area contributed by atoms with E-state index >= 15 is 0 Å². The van der Waals surface area contributed by atoms with Crippen LogP contribution in [0, 0.1) is 5.82 Å². The Morgan fingerprint density at radius 3 is 2.27 bits per heavy atom. The lowest BCUT2D eigenvalue weighted by Crippen LogP contribution is -2.47. The second-order valence-electron chi connectivity index (χ2n) is 6.26. The van der Waals surface area contributed by atoms with Crippen LogP contribution in [0.5, 0.6) is 5.75 Å². The van der Waals surface area contributed by atoms with E-state index in [-0.39, 0.29) is 5.82 Å². The Balaban J connectivity index is 1.29. The first-order valence-electron chi connectivity index (χ1n) is 8.91. The molecule has 0 aliphatic carbocycles. The largest absolute Gasteiger partial charge is 0.491 e. The Morgan fingerprint density at radius 1 is 0.923 bits per heavy atom. The summed E-state index contributed by atoms with van der Waals surface area (Å²) in [6, 6.07) is 14.3. The molecule has 0 saturated carbocycles. The molecular formula is C20H24ClFN2OS. The van der Waals surface area contributed by atoms with E-state index in [9.17, 15) is 4.39 Å². The summed E-state index contributed by atoms with van der Waals surface area (Å²) in [5.41, 5.74) is 0. The first-order chi connectivity index (χ1) is 12.7. The smallest absolute Gasteiger partial charge is 0.137 e. The molecule has 1 aliphatic rings. The van der Waals surface area contributed by atoms with Crippen LogP contribution < -0.4 is 4.74 Å². The van der Waals surface area contributed by atoms with Crippen molar-refractivity contribution in [1.82, 2.24) is 9.80 Å². The van der Waals surface area contributed by atoms with Crippen molar-refractivity contribution >= 4 is 23.4 Å². The molecule has 26 heavy (non-hydrogen) atoms. The second-order valence-corrected chi connectivity index (χ2v) is 7.84. The molecule has 140 valence electrons. The molecule has 0 spiro atoms. The van der Waals surface area contributed by atoms with Gasteiger partial charge < -0.3 is 4.74 Å². The first kappa shape index (κ1) is 19.5. The highest BCUT2D eigenvalue weighted by molar-refractivity contribution is 7.99. The van der Waals surface area contributed by atoms with Gasteiger partial charge in [0.05, 0.1) is 5.02 Å². The summed E-state index contributed by atoms with van der Waals surface area (Å²) in [5.74, 6) is 1.61. The summed E-state index contributed by atoms with van der Waals surface area (Å²) >= 11 is 7.88. The third-order valence-corrected chi connectivity index (χ3v) is 5.76. The molecule has 0 radical (unpaired) electrons. The lowest BCUT2D eigenvalue weighted by molar-refractivity contribution is 0.121. The minimum atomic E-state index is -0.177. The Hall–Kier alpha value is -1.27. The van der Waals surface area contributed by atoms with Gasteiger partial charge in [-0.1, -0.05) is 23.7 Å². The predicted octanol–water partition coefficient (Wildman–Crippen LogP) is 4.27. The number of hydrogen-bond acceptors (Lipinski definition) is 4. The van der Waals surface area contributed by atoms with E-state index in [0.29, 0.717) is 11.6 Å². The highest BCUT2D eigenvalue weighted by atomic mass is 35.5. The minimum absolute atomic E-state index is 0.177. The van der Waals surface area contributed by atoms with Crippen molar-refractivity contribution in [3.63, 3.8) is 0 Å². The van der Waals surface area contributed by atoms with Crippen LogP contribution in [0.4, 0.5) is 4.39 Å². The molecule has 3 rings (SSSR count). The molecule has 2 aromatic carbocycles. The van der Waals surface area contributed by atoms with Crippen molar-refractivity contribution in [2.75, 3.05) is 51.6 Å². The number of nitrogens with zero attached hydrogens (tertiary/aromatic N) is 2. The highest BCUT2D eigenvalue weighted by Crippen LogP contribution is 2.23. The molecule has 0 unspecified atom stereocenters. The topological polar surface area (TPSA) is 15.7 Å². The summed E-state index contributed by atoms with van der Waals surface area (Å²) in [7, 11) is 0. The molecule has 1 fully saturated rings. The van der Waals surface area contributed by atoms with Gasteiger partial charge in [-0.2, -0.15) is 0 Å². The third kappa shape index (κ3) is 6.16. The molecule has 0 atom stereocenters. The van der Waals surface area contributed by atoms with Crippen LogP contribution in [0.2, 0.25) is 5.02 Å². The molecular weight excluding hydrogens is 371 g/mol. The van der Waals surface area contributed by atoms with Gasteiger partial charge in [0.1, 0.15) is 18.2 Å². The van der Waals surface area contributed by atoms with Gasteiger partial charge in [0, 0.05) is 49.9 Å². The Kier molecular flexibility index (Phi) is 7.62. The van der Waals surface area contributed by atoms with Crippen molar-refractivity contribution in [3.8, 4) is 5.75 Å². The SMILES string of the molecule is Fc1ccc(SCCN2CCN(CCOc3ccccc3Cl)CC2)cc1. The van der Waals surface area contributed by atoms with Crippen LogP contribution in [0.3, 0.4) is 0 Å². The standard InChI is InChI=1S/C20H24ClFN2OS/c21-19-3-1-2-4-20(19)25-15-13-23-9-11-24(12-10-23)14-16-26-18-7-5-17(22)6-8-18/h1-8H,9-16H2. The number of piperazine rings is 1. The van der Waals surface area contributed by atoms with Gasteiger partial charge in [-0.05, 0) is 36.4 Å². The molecule has 0 N–H and O–H groups in total. The Labute approximate surface area is 164 Å². The molecule has 1 saturated heterocycles. The Bertz CT molecular complexity index is 678. The number of halogens is 2. The second kappa shape index (κ2) is 10.2. The van der Waals surface area contributed by atoms with Gasteiger partial charge in [0.15, 0.2) is 0 Å². The lowest BCUT2D eigenvalue weighted by atomic mass is 10.3. The number of rotatable bonds is 8. The van der Waals surface area contributed by atoms with Crippen LogP contribution in [0.25, 0.3) is 0 Å². The average molecular weight is 395 g/mol. The summed E-state index contributed by atoms with van der Waals surface area (Å²) in [6.07, 6.45) is 0. The monoisotopic (exact) mass is 394 g/mol. The quantitative estimate of drug-likeness (QED) is 0.621. The van der Waals surface area contributed by atoms with E-state index in [1.165, 1.54) is 12.1 Å². The van der Waals surface area contributed by atoms with E-state index in [4.69, 9.17) is 16.3 Å². The van der Waals surface area contributed by atoms with Crippen molar-refractivity contribution in [2.45, 2.75) is 4.90 Å².